The third-order valence-electron chi connectivity index (χ3n) is 2.54. The Morgan fingerprint density at radius 2 is 1.94 bits per heavy atom. The van der Waals surface area contributed by atoms with E-state index < -0.39 is 14.4 Å². The van der Waals surface area contributed by atoms with Gasteiger partial charge in [-0.3, -0.25) is 4.57 Å². The van der Waals surface area contributed by atoms with Gasteiger partial charge >= 0.3 is 8.25 Å². The van der Waals surface area contributed by atoms with Crippen molar-refractivity contribution in [3.05, 3.63) is 0 Å². The Labute approximate surface area is 96.1 Å². The van der Waals surface area contributed by atoms with E-state index >= 15 is 0 Å². The van der Waals surface area contributed by atoms with Crippen molar-refractivity contribution >= 4 is 8.25 Å². The monoisotopic (exact) mass is 254 g/mol. The van der Waals surface area contributed by atoms with E-state index in [0.29, 0.717) is 6.61 Å². The van der Waals surface area contributed by atoms with Crippen LogP contribution in [-0.4, -0.2) is 52.4 Å². The van der Waals surface area contributed by atoms with Gasteiger partial charge in [-0.25, -0.2) is 0 Å². The fraction of sp³-hybridized carbons (Fsp3) is 1.00. The molecule has 1 aliphatic heterocycles. The Bertz CT molecular complexity index is 236. The summed E-state index contributed by atoms with van der Waals surface area (Å²) in [4.78, 5) is 0. The minimum atomic E-state index is -2.49. The van der Waals surface area contributed by atoms with Gasteiger partial charge in [-0.1, -0.05) is 0 Å². The molecule has 16 heavy (non-hydrogen) atoms. The van der Waals surface area contributed by atoms with E-state index in [9.17, 15) is 4.57 Å². The zero-order valence-electron chi connectivity index (χ0n) is 9.97. The molecular weight excluding hydrogens is 235 g/mol. The van der Waals surface area contributed by atoms with Gasteiger partial charge in [0, 0.05) is 21.3 Å². The zero-order chi connectivity index (χ0) is 12.1. The smallest absolute Gasteiger partial charge is 0.319 e. The summed E-state index contributed by atoms with van der Waals surface area (Å²) in [5.41, 5.74) is 0. The van der Waals surface area contributed by atoms with Crippen molar-refractivity contribution in [3.8, 4) is 0 Å². The molecule has 2 unspecified atom stereocenters. The van der Waals surface area contributed by atoms with Crippen molar-refractivity contribution in [1.82, 2.24) is 0 Å². The fourth-order valence-electron chi connectivity index (χ4n) is 1.84. The second-order valence-electron chi connectivity index (χ2n) is 3.57. The summed E-state index contributed by atoms with van der Waals surface area (Å²) in [6.07, 6.45) is -1.09. The number of rotatable bonds is 6. The Morgan fingerprint density at radius 1 is 1.25 bits per heavy atom. The van der Waals surface area contributed by atoms with Crippen LogP contribution in [0.1, 0.15) is 6.92 Å². The predicted octanol–water partition coefficient (Wildman–Crippen LogP) is 0.856. The topological polar surface area (TPSA) is 63.2 Å². The third-order valence-corrected chi connectivity index (χ3v) is 3.34. The van der Waals surface area contributed by atoms with Gasteiger partial charge in [-0.15, -0.1) is 0 Å². The molecule has 0 aliphatic carbocycles. The molecule has 1 aliphatic rings. The normalized spacial score (nSPS) is 36.5. The van der Waals surface area contributed by atoms with Gasteiger partial charge in [0.1, 0.15) is 18.3 Å². The fourth-order valence-corrected chi connectivity index (χ4v) is 2.44. The second-order valence-corrected chi connectivity index (χ2v) is 4.72. The van der Waals surface area contributed by atoms with Crippen molar-refractivity contribution < 1.29 is 27.8 Å². The molecule has 0 saturated carbocycles. The van der Waals surface area contributed by atoms with Crippen LogP contribution in [-0.2, 0) is 27.8 Å². The Balaban J connectivity index is 2.67. The van der Waals surface area contributed by atoms with Crippen molar-refractivity contribution in [3.63, 3.8) is 0 Å². The molecule has 0 aromatic carbocycles. The van der Waals surface area contributed by atoms with E-state index in [1.165, 1.54) is 7.11 Å². The maximum Gasteiger partial charge on any atom is 0.319 e. The molecule has 0 aromatic heterocycles. The SMILES string of the molecule is COC[C@H]1O[C@@H](C)C(OC)[C@H]1O[PH](=O)OC. The first-order chi connectivity index (χ1) is 7.63. The Hall–Kier alpha value is 0.0300. The van der Waals surface area contributed by atoms with Crippen LogP contribution < -0.4 is 0 Å². The lowest BCUT2D eigenvalue weighted by Crippen LogP contribution is -2.36. The third kappa shape index (κ3) is 3.26. The number of ether oxygens (including phenoxy) is 3. The highest BCUT2D eigenvalue weighted by molar-refractivity contribution is 7.33. The first-order valence-electron chi connectivity index (χ1n) is 5.05. The molecular formula is C9H19O6P. The molecule has 1 fully saturated rings. The second kappa shape index (κ2) is 6.69. The van der Waals surface area contributed by atoms with Crippen LogP contribution in [0, 0.1) is 0 Å². The standard InChI is InChI=1S/C9H19O6P/c1-6-8(12-3)9(15-16(10)13-4)7(14-6)5-11-2/h6-9,16H,5H2,1-4H3/t6-,7+,8?,9-/m0/s1. The highest BCUT2D eigenvalue weighted by atomic mass is 31.1. The quantitative estimate of drug-likeness (QED) is 0.655. The average molecular weight is 254 g/mol. The number of hydrogen-bond donors (Lipinski definition) is 0. The van der Waals surface area contributed by atoms with E-state index in [4.69, 9.17) is 18.7 Å². The van der Waals surface area contributed by atoms with E-state index in [1.807, 2.05) is 6.92 Å². The van der Waals surface area contributed by atoms with Crippen LogP contribution in [0.4, 0.5) is 0 Å². The van der Waals surface area contributed by atoms with E-state index in [-0.39, 0.29) is 18.3 Å². The molecule has 6 nitrogen and oxygen atoms in total. The Kier molecular flexibility index (Phi) is 5.89. The maximum absolute atomic E-state index is 11.3. The van der Waals surface area contributed by atoms with Crippen molar-refractivity contribution in [1.29, 1.82) is 0 Å². The Morgan fingerprint density at radius 3 is 2.44 bits per heavy atom. The zero-order valence-corrected chi connectivity index (χ0v) is 11.0. The van der Waals surface area contributed by atoms with Crippen LogP contribution in [0.2, 0.25) is 0 Å². The lowest BCUT2D eigenvalue weighted by atomic mass is 10.1. The number of hydrogen-bond acceptors (Lipinski definition) is 6. The lowest BCUT2D eigenvalue weighted by Gasteiger charge is -2.21. The first kappa shape index (κ1) is 14.1. The molecule has 5 atom stereocenters. The molecule has 1 saturated heterocycles. The molecule has 0 aromatic rings. The summed E-state index contributed by atoms with van der Waals surface area (Å²) >= 11 is 0. The van der Waals surface area contributed by atoms with Gasteiger partial charge in [0.2, 0.25) is 0 Å². The van der Waals surface area contributed by atoms with E-state index in [1.54, 1.807) is 14.2 Å². The summed E-state index contributed by atoms with van der Waals surface area (Å²) in [5.74, 6) is 0. The molecule has 1 heterocycles. The lowest BCUT2D eigenvalue weighted by molar-refractivity contribution is -0.0241. The van der Waals surface area contributed by atoms with Crippen LogP contribution in [0.15, 0.2) is 0 Å². The van der Waals surface area contributed by atoms with Gasteiger partial charge in [-0.05, 0) is 6.92 Å². The minimum Gasteiger partial charge on any atom is -0.382 e. The highest BCUT2D eigenvalue weighted by Gasteiger charge is 2.44. The summed E-state index contributed by atoms with van der Waals surface area (Å²) in [5, 5.41) is 0. The van der Waals surface area contributed by atoms with Gasteiger partial charge in [-0.2, -0.15) is 0 Å². The molecule has 0 N–H and O–H groups in total. The van der Waals surface area contributed by atoms with Crippen molar-refractivity contribution in [2.75, 3.05) is 27.9 Å². The highest BCUT2D eigenvalue weighted by Crippen LogP contribution is 2.34. The molecule has 0 radical (unpaired) electrons. The van der Waals surface area contributed by atoms with Crippen LogP contribution in [0.3, 0.4) is 0 Å². The van der Waals surface area contributed by atoms with Crippen LogP contribution >= 0.6 is 8.25 Å². The minimum absolute atomic E-state index is 0.123. The average Bonchev–Trinajstić information content (AvgIpc) is 2.55. The summed E-state index contributed by atoms with van der Waals surface area (Å²) in [7, 11) is 1.99. The van der Waals surface area contributed by atoms with Gasteiger partial charge < -0.3 is 23.3 Å². The summed E-state index contributed by atoms with van der Waals surface area (Å²) < 4.78 is 37.1. The summed E-state index contributed by atoms with van der Waals surface area (Å²) in [6.45, 7) is 2.25. The molecule has 0 bridgehead atoms. The van der Waals surface area contributed by atoms with Crippen LogP contribution in [0.25, 0.3) is 0 Å². The largest absolute Gasteiger partial charge is 0.382 e. The molecule has 0 amide bonds. The van der Waals surface area contributed by atoms with Crippen molar-refractivity contribution in [2.45, 2.75) is 31.3 Å². The van der Waals surface area contributed by atoms with Crippen LogP contribution in [0.5, 0.6) is 0 Å². The van der Waals surface area contributed by atoms with Gasteiger partial charge in [0.05, 0.1) is 12.7 Å². The summed E-state index contributed by atoms with van der Waals surface area (Å²) in [6, 6.07) is 0. The molecule has 0 spiro atoms. The van der Waals surface area contributed by atoms with Gasteiger partial charge in [0.15, 0.2) is 0 Å². The van der Waals surface area contributed by atoms with E-state index in [0.717, 1.165) is 0 Å². The molecule has 96 valence electrons. The molecule has 7 heteroatoms. The predicted molar refractivity (Wildman–Crippen MR) is 57.9 cm³/mol. The molecule has 1 rings (SSSR count). The number of methoxy groups -OCH3 is 2. The maximum atomic E-state index is 11.3. The van der Waals surface area contributed by atoms with Gasteiger partial charge in [0.25, 0.3) is 0 Å². The first-order valence-corrected chi connectivity index (χ1v) is 6.28. The van der Waals surface area contributed by atoms with E-state index in [2.05, 4.69) is 4.52 Å². The van der Waals surface area contributed by atoms with Crippen molar-refractivity contribution in [2.24, 2.45) is 0 Å².